The standard InChI is InChI=1S/C53H57N3O15S/c1-4-48(58)65-28-11-9-26-63-33-41(57)34-68-42-20-16-38(17-21-42)51(61)67-30-25-37-15-24-46(40(31-37)32-54-56-53-55-45-13-7-8-14-47(45)72-53)71-52(62)39-18-22-43(23-19-39)69-36-44(70-50(60)6-3)35-64-27-10-12-29-66-49(59)5-2/h4-8,13-24,31-32,41,44,57H,1-3,9-12,25-30,33-36H2,(H,55,56)/b54-32+. The molecule has 72 heavy (non-hydrogen) atoms. The molecule has 0 bridgehead atoms. The SMILES string of the molecule is C=CC(=O)OCCCCOCC(O)COc1ccc(C(=O)OCCc2ccc(OC(=O)c3ccc(OCC(COCCCCOC(=O)C=C)OC(=O)C=C)cc3)c(/C=N/Nc3nc4ccccc4s3)c2)cc1. The first-order chi connectivity index (χ1) is 35.0. The van der Waals surface area contributed by atoms with Gasteiger partial charge in [-0.1, -0.05) is 49.3 Å². The Morgan fingerprint density at radius 3 is 1.89 bits per heavy atom. The van der Waals surface area contributed by atoms with Gasteiger partial charge in [0.2, 0.25) is 5.13 Å². The molecule has 2 atom stereocenters. The molecule has 0 saturated carbocycles. The third kappa shape index (κ3) is 20.0. The highest BCUT2D eigenvalue weighted by molar-refractivity contribution is 7.22. The van der Waals surface area contributed by atoms with Gasteiger partial charge in [-0.05, 0) is 104 Å². The molecule has 0 aliphatic carbocycles. The van der Waals surface area contributed by atoms with E-state index in [9.17, 15) is 29.1 Å². The number of hydrogen-bond donors (Lipinski definition) is 2. The van der Waals surface area contributed by atoms with Crippen molar-refractivity contribution in [2.24, 2.45) is 5.10 Å². The zero-order valence-electron chi connectivity index (χ0n) is 39.6. The van der Waals surface area contributed by atoms with E-state index in [-0.39, 0.29) is 57.6 Å². The Hall–Kier alpha value is -7.71. The summed E-state index contributed by atoms with van der Waals surface area (Å²) in [5.41, 5.74) is 5.51. The van der Waals surface area contributed by atoms with Gasteiger partial charge in [0.25, 0.3) is 0 Å². The van der Waals surface area contributed by atoms with Crippen molar-refractivity contribution in [2.75, 3.05) is 64.9 Å². The number of nitrogens with zero attached hydrogens (tertiary/aromatic N) is 2. The number of unbranched alkanes of at least 4 members (excludes halogenated alkanes) is 2. The number of fused-ring (bicyclic) bond motifs is 1. The summed E-state index contributed by atoms with van der Waals surface area (Å²) in [5.74, 6) is -1.76. The predicted octanol–water partition coefficient (Wildman–Crippen LogP) is 7.63. The second-order valence-corrected chi connectivity index (χ2v) is 16.4. The lowest BCUT2D eigenvalue weighted by Crippen LogP contribution is -2.29. The van der Waals surface area contributed by atoms with E-state index in [1.54, 1.807) is 54.6 Å². The molecule has 0 aliphatic heterocycles. The fourth-order valence-electron chi connectivity index (χ4n) is 6.17. The normalized spacial score (nSPS) is 11.7. The summed E-state index contributed by atoms with van der Waals surface area (Å²) in [7, 11) is 0. The van der Waals surface area contributed by atoms with Crippen LogP contribution in [0.25, 0.3) is 10.2 Å². The zero-order chi connectivity index (χ0) is 51.3. The molecule has 19 heteroatoms. The summed E-state index contributed by atoms with van der Waals surface area (Å²) >= 11 is 1.43. The van der Waals surface area contributed by atoms with Gasteiger partial charge in [0, 0.05) is 43.4 Å². The third-order valence-corrected chi connectivity index (χ3v) is 10.8. The van der Waals surface area contributed by atoms with Crippen LogP contribution in [-0.2, 0) is 49.2 Å². The first-order valence-corrected chi connectivity index (χ1v) is 23.7. The molecular weight excluding hydrogens is 951 g/mol. The van der Waals surface area contributed by atoms with Gasteiger partial charge in [-0.15, -0.1) is 0 Å². The summed E-state index contributed by atoms with van der Waals surface area (Å²) in [5, 5.41) is 15.2. The van der Waals surface area contributed by atoms with Gasteiger partial charge in [-0.2, -0.15) is 5.10 Å². The van der Waals surface area contributed by atoms with Gasteiger partial charge >= 0.3 is 29.8 Å². The van der Waals surface area contributed by atoms with E-state index in [4.69, 9.17) is 42.6 Å². The average Bonchev–Trinajstić information content (AvgIpc) is 3.82. The topological polar surface area (TPSA) is 226 Å². The van der Waals surface area contributed by atoms with E-state index in [1.807, 2.05) is 24.3 Å². The Bertz CT molecular complexity index is 2560. The van der Waals surface area contributed by atoms with Crippen molar-refractivity contribution >= 4 is 62.7 Å². The number of hydrogen-bond acceptors (Lipinski definition) is 19. The van der Waals surface area contributed by atoms with Crippen molar-refractivity contribution < 1.29 is 71.7 Å². The first kappa shape index (κ1) is 55.2. The maximum atomic E-state index is 13.5. The van der Waals surface area contributed by atoms with E-state index < -0.39 is 42.1 Å². The Balaban J connectivity index is 1.12. The fourth-order valence-corrected chi connectivity index (χ4v) is 6.99. The zero-order valence-corrected chi connectivity index (χ0v) is 40.4. The van der Waals surface area contributed by atoms with Crippen molar-refractivity contribution in [3.8, 4) is 17.2 Å². The molecule has 0 saturated heterocycles. The van der Waals surface area contributed by atoms with Crippen LogP contribution in [0.4, 0.5) is 5.13 Å². The molecule has 1 aromatic heterocycles. The molecule has 4 aromatic carbocycles. The van der Waals surface area contributed by atoms with Gasteiger partial charge in [-0.3, -0.25) is 5.43 Å². The average molecular weight is 1010 g/mol. The highest BCUT2D eigenvalue weighted by Gasteiger charge is 2.17. The molecule has 0 radical (unpaired) electrons. The Labute approximate surface area is 420 Å². The van der Waals surface area contributed by atoms with Crippen LogP contribution in [0, 0.1) is 0 Å². The minimum atomic E-state index is -0.876. The number of para-hydroxylation sites is 1. The van der Waals surface area contributed by atoms with Crippen LogP contribution in [0.1, 0.15) is 57.5 Å². The molecule has 0 spiro atoms. The lowest BCUT2D eigenvalue weighted by atomic mass is 10.1. The number of carbonyl (C=O) groups is 5. The van der Waals surface area contributed by atoms with Crippen LogP contribution in [0.3, 0.4) is 0 Å². The number of ether oxygens (including phenoxy) is 9. The molecule has 18 nitrogen and oxygen atoms in total. The lowest BCUT2D eigenvalue weighted by Gasteiger charge is -2.18. The Kier molecular flexibility index (Phi) is 23.6. The molecule has 0 aliphatic rings. The molecule has 2 N–H and O–H groups in total. The van der Waals surface area contributed by atoms with E-state index in [0.717, 1.165) is 34.0 Å². The molecule has 2 unspecified atom stereocenters. The monoisotopic (exact) mass is 1010 g/mol. The molecule has 5 rings (SSSR count). The maximum Gasteiger partial charge on any atom is 0.343 e. The Morgan fingerprint density at radius 2 is 1.25 bits per heavy atom. The maximum absolute atomic E-state index is 13.5. The molecule has 0 fully saturated rings. The quantitative estimate of drug-likeness (QED) is 0.00783. The van der Waals surface area contributed by atoms with E-state index in [2.05, 4.69) is 35.2 Å². The summed E-state index contributed by atoms with van der Waals surface area (Å²) in [4.78, 5) is 65.2. The number of aliphatic hydroxyl groups excluding tert-OH is 1. The van der Waals surface area contributed by atoms with Crippen molar-refractivity contribution in [1.29, 1.82) is 0 Å². The van der Waals surface area contributed by atoms with Crippen molar-refractivity contribution in [1.82, 2.24) is 4.98 Å². The number of benzene rings is 4. The number of aliphatic hydroxyl groups is 1. The van der Waals surface area contributed by atoms with E-state index in [1.165, 1.54) is 29.7 Å². The summed E-state index contributed by atoms with van der Waals surface area (Å²) in [6, 6.07) is 25.4. The van der Waals surface area contributed by atoms with E-state index >= 15 is 0 Å². The van der Waals surface area contributed by atoms with Gasteiger partial charge in [0.05, 0.1) is 60.6 Å². The predicted molar refractivity (Wildman–Crippen MR) is 269 cm³/mol. The highest BCUT2D eigenvalue weighted by Crippen LogP contribution is 2.26. The smallest absolute Gasteiger partial charge is 0.343 e. The van der Waals surface area contributed by atoms with E-state index in [0.29, 0.717) is 73.1 Å². The summed E-state index contributed by atoms with van der Waals surface area (Å²) in [6.07, 6.45) is 5.90. The van der Waals surface area contributed by atoms with Crippen molar-refractivity contribution in [3.05, 3.63) is 151 Å². The number of carbonyl (C=O) groups excluding carboxylic acids is 5. The van der Waals surface area contributed by atoms with Crippen LogP contribution in [-0.4, -0.2) is 118 Å². The molecular formula is C53H57N3O15S. The lowest BCUT2D eigenvalue weighted by molar-refractivity contribution is -0.148. The largest absolute Gasteiger partial charge is 0.491 e. The van der Waals surface area contributed by atoms with Crippen LogP contribution in [0.15, 0.2) is 134 Å². The number of nitrogens with one attached hydrogen (secondary N) is 1. The number of anilines is 1. The van der Waals surface area contributed by atoms with Crippen LogP contribution < -0.4 is 19.6 Å². The van der Waals surface area contributed by atoms with Crippen molar-refractivity contribution in [2.45, 2.75) is 44.3 Å². The van der Waals surface area contributed by atoms with Crippen LogP contribution in [0.2, 0.25) is 0 Å². The molecule has 0 amide bonds. The highest BCUT2D eigenvalue weighted by atomic mass is 32.1. The first-order valence-electron chi connectivity index (χ1n) is 22.9. The Morgan fingerprint density at radius 1 is 0.653 bits per heavy atom. The minimum absolute atomic E-state index is 0.0212. The van der Waals surface area contributed by atoms with Gasteiger partial charge in [-0.25, -0.2) is 29.0 Å². The van der Waals surface area contributed by atoms with Crippen LogP contribution in [0.5, 0.6) is 17.2 Å². The fraction of sp³-hybridized carbons (Fsp3) is 0.302. The van der Waals surface area contributed by atoms with Gasteiger partial charge in [0.15, 0.2) is 6.10 Å². The van der Waals surface area contributed by atoms with Gasteiger partial charge < -0.3 is 47.7 Å². The summed E-state index contributed by atoms with van der Waals surface area (Å²) < 4.78 is 50.3. The minimum Gasteiger partial charge on any atom is -0.491 e. The number of rotatable bonds is 33. The third-order valence-electron chi connectivity index (χ3n) is 9.87. The summed E-state index contributed by atoms with van der Waals surface area (Å²) in [6.45, 7) is 11.4. The molecule has 380 valence electrons. The second-order valence-electron chi connectivity index (χ2n) is 15.4. The second kappa shape index (κ2) is 30.8. The molecule has 1 heterocycles. The number of aromatic nitrogens is 1. The van der Waals surface area contributed by atoms with Crippen LogP contribution >= 0.6 is 11.3 Å². The van der Waals surface area contributed by atoms with Gasteiger partial charge in [0.1, 0.15) is 36.6 Å². The van der Waals surface area contributed by atoms with Crippen molar-refractivity contribution in [3.63, 3.8) is 0 Å². The number of thiazole rings is 1. The molecule has 5 aromatic rings. The number of hydrazone groups is 1. The number of esters is 5.